The Morgan fingerprint density at radius 3 is 2.39 bits per heavy atom. The van der Waals surface area contributed by atoms with E-state index in [1.54, 1.807) is 17.9 Å². The highest BCUT2D eigenvalue weighted by Crippen LogP contribution is 2.25. The standard InChI is InChI=1S/C12H23N3O2S/c1-7-12(4,5)14(6)18(16,17)11-8-13-15(9-11)10(2)3/h8-10H,7H2,1-6H3. The third-order valence-corrected chi connectivity index (χ3v) is 5.50. The first-order valence-electron chi connectivity index (χ1n) is 6.16. The SMILES string of the molecule is CCC(C)(C)N(C)S(=O)(=O)c1cnn(C(C)C)c1. The van der Waals surface area contributed by atoms with Gasteiger partial charge in [0, 0.05) is 24.8 Å². The zero-order valence-corrected chi connectivity index (χ0v) is 12.8. The van der Waals surface area contributed by atoms with E-state index >= 15 is 0 Å². The molecule has 0 aliphatic heterocycles. The molecule has 0 saturated heterocycles. The van der Waals surface area contributed by atoms with Crippen molar-refractivity contribution in [2.75, 3.05) is 7.05 Å². The van der Waals surface area contributed by atoms with Crippen LogP contribution in [0.3, 0.4) is 0 Å². The molecule has 0 unspecified atom stereocenters. The van der Waals surface area contributed by atoms with Crippen LogP contribution in [-0.2, 0) is 10.0 Å². The van der Waals surface area contributed by atoms with Crippen LogP contribution in [0.2, 0.25) is 0 Å². The molecule has 0 bridgehead atoms. The average molecular weight is 273 g/mol. The number of hydrogen-bond acceptors (Lipinski definition) is 3. The van der Waals surface area contributed by atoms with Gasteiger partial charge < -0.3 is 0 Å². The van der Waals surface area contributed by atoms with E-state index in [0.717, 1.165) is 6.42 Å². The van der Waals surface area contributed by atoms with Crippen molar-refractivity contribution in [2.24, 2.45) is 0 Å². The van der Waals surface area contributed by atoms with E-state index in [0.29, 0.717) is 0 Å². The molecular formula is C12H23N3O2S. The maximum Gasteiger partial charge on any atom is 0.246 e. The van der Waals surface area contributed by atoms with Gasteiger partial charge in [0.2, 0.25) is 10.0 Å². The Kier molecular flexibility index (Phi) is 4.23. The van der Waals surface area contributed by atoms with E-state index in [1.165, 1.54) is 10.5 Å². The van der Waals surface area contributed by atoms with E-state index in [1.807, 2.05) is 34.6 Å². The molecule has 18 heavy (non-hydrogen) atoms. The van der Waals surface area contributed by atoms with Crippen LogP contribution in [0, 0.1) is 0 Å². The van der Waals surface area contributed by atoms with Crippen molar-refractivity contribution in [1.29, 1.82) is 0 Å². The summed E-state index contributed by atoms with van der Waals surface area (Å²) in [6.07, 6.45) is 3.75. The normalized spacial score (nSPS) is 13.6. The second-order valence-electron chi connectivity index (χ2n) is 5.39. The highest BCUT2D eigenvalue weighted by atomic mass is 32.2. The Bertz CT molecular complexity index is 503. The van der Waals surface area contributed by atoms with E-state index in [9.17, 15) is 8.42 Å². The van der Waals surface area contributed by atoms with Crippen LogP contribution in [0.5, 0.6) is 0 Å². The smallest absolute Gasteiger partial charge is 0.246 e. The summed E-state index contributed by atoms with van der Waals surface area (Å²) in [5.74, 6) is 0. The molecule has 0 fully saturated rings. The van der Waals surface area contributed by atoms with Crippen molar-refractivity contribution >= 4 is 10.0 Å². The molecule has 0 saturated carbocycles. The van der Waals surface area contributed by atoms with Crippen LogP contribution in [-0.4, -0.2) is 35.1 Å². The second kappa shape index (κ2) is 5.01. The van der Waals surface area contributed by atoms with Gasteiger partial charge in [-0.3, -0.25) is 4.68 Å². The van der Waals surface area contributed by atoms with Gasteiger partial charge in [0.05, 0.1) is 6.20 Å². The quantitative estimate of drug-likeness (QED) is 0.827. The molecule has 0 spiro atoms. The first kappa shape index (κ1) is 15.2. The molecule has 104 valence electrons. The van der Waals surface area contributed by atoms with Gasteiger partial charge in [-0.05, 0) is 34.1 Å². The van der Waals surface area contributed by atoms with Crippen LogP contribution >= 0.6 is 0 Å². The maximum absolute atomic E-state index is 12.4. The molecule has 6 heteroatoms. The summed E-state index contributed by atoms with van der Waals surface area (Å²) in [6, 6.07) is 0.151. The van der Waals surface area contributed by atoms with Crippen LogP contribution in [0.1, 0.15) is 47.1 Å². The minimum atomic E-state index is -3.47. The topological polar surface area (TPSA) is 55.2 Å². The summed E-state index contributed by atoms with van der Waals surface area (Å²) in [5.41, 5.74) is -0.404. The van der Waals surface area contributed by atoms with Crippen LogP contribution in [0.4, 0.5) is 0 Å². The van der Waals surface area contributed by atoms with Crippen molar-refractivity contribution < 1.29 is 8.42 Å². The lowest BCUT2D eigenvalue weighted by atomic mass is 10.0. The van der Waals surface area contributed by atoms with Gasteiger partial charge in [-0.25, -0.2) is 8.42 Å². The molecule has 0 aliphatic rings. The summed E-state index contributed by atoms with van der Waals surface area (Å²) in [6.45, 7) is 9.73. The van der Waals surface area contributed by atoms with E-state index in [2.05, 4.69) is 5.10 Å². The number of sulfonamides is 1. The summed E-state index contributed by atoms with van der Waals surface area (Å²) in [7, 11) is -1.85. The highest BCUT2D eigenvalue weighted by molar-refractivity contribution is 7.89. The minimum Gasteiger partial charge on any atom is -0.269 e. The molecule has 1 rings (SSSR count). The van der Waals surface area contributed by atoms with Crippen molar-refractivity contribution in [2.45, 2.75) is 57.5 Å². The van der Waals surface area contributed by atoms with Crippen LogP contribution < -0.4 is 0 Å². The molecule has 0 aliphatic carbocycles. The van der Waals surface area contributed by atoms with Crippen molar-refractivity contribution in [3.63, 3.8) is 0 Å². The summed E-state index contributed by atoms with van der Waals surface area (Å²) in [4.78, 5) is 0.250. The maximum atomic E-state index is 12.4. The average Bonchev–Trinajstić information content (AvgIpc) is 2.77. The molecule has 0 radical (unpaired) electrons. The molecule has 0 atom stereocenters. The summed E-state index contributed by atoms with van der Waals surface area (Å²) >= 11 is 0. The third kappa shape index (κ3) is 2.75. The highest BCUT2D eigenvalue weighted by Gasteiger charge is 2.33. The molecule has 5 nitrogen and oxygen atoms in total. The van der Waals surface area contributed by atoms with E-state index in [4.69, 9.17) is 0 Å². The van der Waals surface area contributed by atoms with Gasteiger partial charge in [-0.1, -0.05) is 6.92 Å². The molecule has 1 heterocycles. The van der Waals surface area contributed by atoms with Gasteiger partial charge in [0.25, 0.3) is 0 Å². The fourth-order valence-corrected chi connectivity index (χ4v) is 2.96. The fraction of sp³-hybridized carbons (Fsp3) is 0.750. The van der Waals surface area contributed by atoms with Crippen molar-refractivity contribution in [3.8, 4) is 0 Å². The van der Waals surface area contributed by atoms with E-state index < -0.39 is 15.6 Å². The number of aromatic nitrogens is 2. The van der Waals surface area contributed by atoms with Gasteiger partial charge in [0.1, 0.15) is 4.90 Å². The van der Waals surface area contributed by atoms with Gasteiger partial charge >= 0.3 is 0 Å². The van der Waals surface area contributed by atoms with Gasteiger partial charge in [-0.15, -0.1) is 0 Å². The first-order valence-corrected chi connectivity index (χ1v) is 7.60. The third-order valence-electron chi connectivity index (χ3n) is 3.48. The summed E-state index contributed by atoms with van der Waals surface area (Å²) < 4.78 is 28.0. The summed E-state index contributed by atoms with van der Waals surface area (Å²) in [5, 5.41) is 4.08. The van der Waals surface area contributed by atoms with Crippen molar-refractivity contribution in [3.05, 3.63) is 12.4 Å². The number of nitrogens with zero attached hydrogens (tertiary/aromatic N) is 3. The Morgan fingerprint density at radius 1 is 1.44 bits per heavy atom. The Balaban J connectivity index is 3.13. The Labute approximate surface area is 110 Å². The minimum absolute atomic E-state index is 0.151. The lowest BCUT2D eigenvalue weighted by molar-refractivity contribution is 0.257. The zero-order valence-electron chi connectivity index (χ0n) is 12.0. The Hall–Kier alpha value is -0.880. The molecule has 0 aromatic carbocycles. The molecule has 1 aromatic heterocycles. The van der Waals surface area contributed by atoms with Gasteiger partial charge in [-0.2, -0.15) is 9.40 Å². The van der Waals surface area contributed by atoms with E-state index in [-0.39, 0.29) is 10.9 Å². The zero-order chi connectivity index (χ0) is 14.1. The largest absolute Gasteiger partial charge is 0.269 e. The monoisotopic (exact) mass is 273 g/mol. The predicted octanol–water partition coefficient (Wildman–Crippen LogP) is 2.27. The van der Waals surface area contributed by atoms with Gasteiger partial charge in [0.15, 0.2) is 0 Å². The van der Waals surface area contributed by atoms with Crippen molar-refractivity contribution in [1.82, 2.24) is 14.1 Å². The number of hydrogen-bond donors (Lipinski definition) is 0. The van der Waals surface area contributed by atoms with Crippen LogP contribution in [0.25, 0.3) is 0 Å². The molecular weight excluding hydrogens is 250 g/mol. The molecule has 1 aromatic rings. The first-order chi connectivity index (χ1) is 8.13. The Morgan fingerprint density at radius 2 is 2.00 bits per heavy atom. The predicted molar refractivity (Wildman–Crippen MR) is 71.9 cm³/mol. The lowest BCUT2D eigenvalue weighted by Crippen LogP contribution is -2.44. The lowest BCUT2D eigenvalue weighted by Gasteiger charge is -2.33. The fourth-order valence-electron chi connectivity index (χ4n) is 1.44. The number of rotatable bonds is 5. The molecule has 0 amide bonds. The molecule has 0 N–H and O–H groups in total. The van der Waals surface area contributed by atoms with Crippen LogP contribution in [0.15, 0.2) is 17.3 Å². The second-order valence-corrected chi connectivity index (χ2v) is 7.36.